The Balaban J connectivity index is 1.37. The van der Waals surface area contributed by atoms with E-state index >= 15 is 0 Å². The second kappa shape index (κ2) is 11.1. The molecule has 37 heavy (non-hydrogen) atoms. The van der Waals surface area contributed by atoms with Gasteiger partial charge < -0.3 is 15.1 Å². The van der Waals surface area contributed by atoms with E-state index in [1.807, 2.05) is 24.3 Å². The lowest BCUT2D eigenvalue weighted by Gasteiger charge is -2.19. The van der Waals surface area contributed by atoms with E-state index in [-0.39, 0.29) is 17.2 Å². The monoisotopic (exact) mass is 532 g/mol. The van der Waals surface area contributed by atoms with Crippen molar-refractivity contribution in [3.05, 3.63) is 112 Å². The van der Waals surface area contributed by atoms with Crippen LogP contribution in [0.25, 0.3) is 17.4 Å². The van der Waals surface area contributed by atoms with Gasteiger partial charge in [0.25, 0.3) is 5.91 Å². The van der Waals surface area contributed by atoms with Crippen molar-refractivity contribution in [3.63, 3.8) is 0 Å². The Morgan fingerprint density at radius 1 is 0.838 bits per heavy atom. The molecule has 0 bridgehead atoms. The Labute approximate surface area is 226 Å². The van der Waals surface area contributed by atoms with Crippen molar-refractivity contribution in [2.75, 3.05) is 10.6 Å². The number of anilines is 2. The fraction of sp³-hybridized carbons (Fsp3) is 0.133. The summed E-state index contributed by atoms with van der Waals surface area (Å²) in [4.78, 5) is 25.1. The third kappa shape index (κ3) is 6.91. The lowest BCUT2D eigenvalue weighted by atomic mass is 9.87. The first-order chi connectivity index (χ1) is 17.6. The normalized spacial score (nSPS) is 11.5. The lowest BCUT2D eigenvalue weighted by Crippen LogP contribution is -2.14. The van der Waals surface area contributed by atoms with Crippen LogP contribution < -0.4 is 10.6 Å². The summed E-state index contributed by atoms with van der Waals surface area (Å²) in [7, 11) is 0. The summed E-state index contributed by atoms with van der Waals surface area (Å²) in [6.07, 6.45) is 2.93. The first-order valence-corrected chi connectivity index (χ1v) is 12.4. The van der Waals surface area contributed by atoms with Crippen molar-refractivity contribution in [1.82, 2.24) is 0 Å². The van der Waals surface area contributed by atoms with Crippen LogP contribution in [-0.4, -0.2) is 11.8 Å². The summed E-state index contributed by atoms with van der Waals surface area (Å²) in [6, 6.07) is 23.2. The van der Waals surface area contributed by atoms with Crippen molar-refractivity contribution < 1.29 is 14.0 Å². The third-order valence-electron chi connectivity index (χ3n) is 5.62. The van der Waals surface area contributed by atoms with Crippen LogP contribution in [0.4, 0.5) is 11.4 Å². The molecule has 0 aliphatic carbocycles. The fourth-order valence-corrected chi connectivity index (χ4v) is 4.12. The van der Waals surface area contributed by atoms with Gasteiger partial charge in [-0.2, -0.15) is 0 Å². The summed E-state index contributed by atoms with van der Waals surface area (Å²) in [5.74, 6) is 0.495. The van der Waals surface area contributed by atoms with Gasteiger partial charge in [0.2, 0.25) is 5.91 Å². The van der Waals surface area contributed by atoms with E-state index in [9.17, 15) is 9.59 Å². The second-order valence-corrected chi connectivity index (χ2v) is 10.4. The molecule has 0 unspecified atom stereocenters. The maximum absolute atomic E-state index is 12.7. The van der Waals surface area contributed by atoms with Gasteiger partial charge in [-0.15, -0.1) is 0 Å². The van der Waals surface area contributed by atoms with Crippen LogP contribution in [0.2, 0.25) is 10.0 Å². The van der Waals surface area contributed by atoms with Crippen LogP contribution in [0.1, 0.15) is 42.5 Å². The summed E-state index contributed by atoms with van der Waals surface area (Å²) >= 11 is 12.2. The predicted molar refractivity (Wildman–Crippen MR) is 151 cm³/mol. The van der Waals surface area contributed by atoms with Gasteiger partial charge in [0.05, 0.1) is 5.02 Å². The lowest BCUT2D eigenvalue weighted by molar-refractivity contribution is -0.111. The Bertz CT molecular complexity index is 1460. The van der Waals surface area contributed by atoms with Crippen LogP contribution in [0, 0.1) is 0 Å². The number of rotatable bonds is 6. The van der Waals surface area contributed by atoms with Crippen LogP contribution in [0.3, 0.4) is 0 Å². The number of hydrogen-bond acceptors (Lipinski definition) is 3. The van der Waals surface area contributed by atoms with Gasteiger partial charge in [-0.1, -0.05) is 62.2 Å². The van der Waals surface area contributed by atoms with Crippen molar-refractivity contribution in [3.8, 4) is 11.3 Å². The zero-order chi connectivity index (χ0) is 26.6. The van der Waals surface area contributed by atoms with Gasteiger partial charge in [-0.25, -0.2) is 0 Å². The minimum Gasteiger partial charge on any atom is -0.457 e. The molecule has 0 fully saturated rings. The SMILES string of the molecule is CC(C)(C)c1ccc(C(=O)Nc2cccc(NC(=O)C=Cc3ccc(-c4ccc(Cl)cc4Cl)o3)c2)cc1. The Morgan fingerprint density at radius 2 is 1.54 bits per heavy atom. The molecule has 0 spiro atoms. The van der Waals surface area contributed by atoms with Gasteiger partial charge in [0.15, 0.2) is 0 Å². The number of halogens is 2. The van der Waals surface area contributed by atoms with Crippen LogP contribution in [-0.2, 0) is 10.2 Å². The second-order valence-electron chi connectivity index (χ2n) is 9.51. The standard InChI is InChI=1S/C30H26Cl2N2O3/c1-30(2,3)20-9-7-19(8-10-20)29(36)34-23-6-4-5-22(18-23)33-28(35)16-13-24-12-15-27(37-24)25-14-11-21(31)17-26(25)32/h4-18H,1-3H3,(H,33,35)(H,34,36). The predicted octanol–water partition coefficient (Wildman–Crippen LogP) is 8.46. The van der Waals surface area contributed by atoms with E-state index in [1.165, 1.54) is 6.08 Å². The number of carbonyl (C=O) groups is 2. The molecule has 1 aromatic heterocycles. The number of carbonyl (C=O) groups excluding carboxylic acids is 2. The number of furan rings is 1. The quantitative estimate of drug-likeness (QED) is 0.244. The molecule has 5 nitrogen and oxygen atoms in total. The van der Waals surface area contributed by atoms with E-state index in [4.69, 9.17) is 27.6 Å². The van der Waals surface area contributed by atoms with E-state index in [0.717, 1.165) is 5.56 Å². The molecule has 0 saturated carbocycles. The number of benzene rings is 3. The highest BCUT2D eigenvalue weighted by Gasteiger charge is 2.14. The van der Waals surface area contributed by atoms with Crippen LogP contribution >= 0.6 is 23.2 Å². The smallest absolute Gasteiger partial charge is 0.255 e. The van der Waals surface area contributed by atoms with Crippen molar-refractivity contribution in [2.45, 2.75) is 26.2 Å². The molecule has 0 radical (unpaired) electrons. The molecule has 2 N–H and O–H groups in total. The molecule has 4 rings (SSSR count). The summed E-state index contributed by atoms with van der Waals surface area (Å²) in [5.41, 5.74) is 3.55. The highest BCUT2D eigenvalue weighted by molar-refractivity contribution is 6.36. The van der Waals surface area contributed by atoms with Crippen LogP contribution in [0.15, 0.2) is 89.4 Å². The molecule has 4 aromatic rings. The molecule has 2 amide bonds. The number of nitrogens with one attached hydrogen (secondary N) is 2. The van der Waals surface area contributed by atoms with E-state index in [2.05, 4.69) is 31.4 Å². The first-order valence-electron chi connectivity index (χ1n) is 11.6. The maximum atomic E-state index is 12.7. The topological polar surface area (TPSA) is 71.3 Å². The summed E-state index contributed by atoms with van der Waals surface area (Å²) in [6.45, 7) is 6.38. The third-order valence-corrected chi connectivity index (χ3v) is 6.17. The molecule has 7 heteroatoms. The molecule has 0 atom stereocenters. The molecule has 1 heterocycles. The minimum atomic E-state index is -0.344. The highest BCUT2D eigenvalue weighted by Crippen LogP contribution is 2.31. The zero-order valence-corrected chi connectivity index (χ0v) is 22.2. The molecule has 188 valence electrons. The zero-order valence-electron chi connectivity index (χ0n) is 20.6. The molecular weight excluding hydrogens is 507 g/mol. The van der Waals surface area contributed by atoms with Gasteiger partial charge >= 0.3 is 0 Å². The Hall–Kier alpha value is -3.80. The maximum Gasteiger partial charge on any atom is 0.255 e. The summed E-state index contributed by atoms with van der Waals surface area (Å²) < 4.78 is 5.78. The highest BCUT2D eigenvalue weighted by atomic mass is 35.5. The van der Waals surface area contributed by atoms with Gasteiger partial charge in [-0.05, 0) is 77.7 Å². The molecule has 0 aliphatic rings. The number of amides is 2. The summed E-state index contributed by atoms with van der Waals surface area (Å²) in [5, 5.41) is 6.67. The first kappa shape index (κ1) is 26.3. The van der Waals surface area contributed by atoms with E-state index in [0.29, 0.717) is 44.1 Å². The van der Waals surface area contributed by atoms with Crippen LogP contribution in [0.5, 0.6) is 0 Å². The van der Waals surface area contributed by atoms with E-state index < -0.39 is 0 Å². The average molecular weight is 533 g/mol. The van der Waals surface area contributed by atoms with Crippen molar-refractivity contribution in [1.29, 1.82) is 0 Å². The van der Waals surface area contributed by atoms with Gasteiger partial charge in [0, 0.05) is 33.6 Å². The Morgan fingerprint density at radius 3 is 2.22 bits per heavy atom. The molecular formula is C30H26Cl2N2O3. The molecule has 0 aliphatic heterocycles. The number of hydrogen-bond donors (Lipinski definition) is 2. The minimum absolute atomic E-state index is 0.0135. The molecule has 3 aromatic carbocycles. The van der Waals surface area contributed by atoms with Gasteiger partial charge in [0.1, 0.15) is 11.5 Å². The fourth-order valence-electron chi connectivity index (χ4n) is 3.62. The van der Waals surface area contributed by atoms with Crippen molar-refractivity contribution in [2.24, 2.45) is 0 Å². The molecule has 0 saturated heterocycles. The van der Waals surface area contributed by atoms with Crippen molar-refractivity contribution >= 4 is 52.5 Å². The van der Waals surface area contributed by atoms with E-state index in [1.54, 1.807) is 60.7 Å². The largest absolute Gasteiger partial charge is 0.457 e. The Kier molecular flexibility index (Phi) is 7.86. The van der Waals surface area contributed by atoms with Gasteiger partial charge in [-0.3, -0.25) is 9.59 Å². The average Bonchev–Trinajstić information content (AvgIpc) is 3.31.